The van der Waals surface area contributed by atoms with Crippen LogP contribution in [-0.2, 0) is 23.3 Å². The van der Waals surface area contributed by atoms with Gasteiger partial charge in [0.15, 0.2) is 6.61 Å². The third-order valence-corrected chi connectivity index (χ3v) is 9.81. The molecule has 3 N–H and O–H groups in total. The third kappa shape index (κ3) is 10.2. The Morgan fingerprint density at radius 3 is 2.37 bits per heavy atom. The van der Waals surface area contributed by atoms with E-state index in [-0.39, 0.29) is 18.0 Å². The molecule has 1 saturated heterocycles. The molecule has 2 heterocycles. The minimum absolute atomic E-state index is 0.0999. The Hall–Kier alpha value is -5.82. The van der Waals surface area contributed by atoms with Crippen LogP contribution in [0.25, 0.3) is 11.3 Å². The van der Waals surface area contributed by atoms with Gasteiger partial charge < -0.3 is 25.4 Å². The summed E-state index contributed by atoms with van der Waals surface area (Å²) in [5.41, 5.74) is 3.62. The average molecular weight is 755 g/mol. The molecule has 1 aromatic heterocycles. The lowest BCUT2D eigenvalue weighted by Gasteiger charge is -2.29. The van der Waals surface area contributed by atoms with Gasteiger partial charge in [0, 0.05) is 58.9 Å². The summed E-state index contributed by atoms with van der Waals surface area (Å²) in [6.07, 6.45) is 0.275. The summed E-state index contributed by atoms with van der Waals surface area (Å²) in [7, 11) is 0. The largest absolute Gasteiger partial charge is 0.482 e. The number of alkyl halides is 3. The molecule has 0 radical (unpaired) electrons. The maximum atomic E-state index is 13.7. The van der Waals surface area contributed by atoms with Crippen LogP contribution in [0.5, 0.6) is 5.75 Å². The number of carbonyl (C=O) groups excluding carboxylic acids is 2. The highest BCUT2D eigenvalue weighted by atomic mass is 32.2. The number of rotatable bonds is 13. The monoisotopic (exact) mass is 754 g/mol. The van der Waals surface area contributed by atoms with E-state index in [1.807, 2.05) is 36.4 Å². The van der Waals surface area contributed by atoms with Gasteiger partial charge >= 0.3 is 12.1 Å². The zero-order valence-corrected chi connectivity index (χ0v) is 29.9. The van der Waals surface area contributed by atoms with Crippen LogP contribution in [0, 0.1) is 0 Å². The van der Waals surface area contributed by atoms with Crippen molar-refractivity contribution < 1.29 is 37.4 Å². The molecule has 0 unspecified atom stereocenters. The number of halogens is 3. The maximum Gasteiger partial charge on any atom is 0.416 e. The number of amides is 2. The molecule has 6 rings (SSSR count). The standard InChI is InChI=1S/C41H37F3N4O5S/c42-41(43,44)31-10-5-7-27(20-31)24-46-39(51)30-15-16-45-37(21-30)35-22-32(48-17-2-1-3-18-48)13-14-36(35)47-40(52)29-9-4-8-28(19-29)26-54-34-12-6-11-33(23-34)53-25-38(49)50/h4-16,19-23H,1-3,17-18,24-26H2,(H,46,51)(H,47,52)(H,49,50). The predicted octanol–water partition coefficient (Wildman–Crippen LogP) is 8.70. The zero-order chi connectivity index (χ0) is 38.1. The van der Waals surface area contributed by atoms with Crippen molar-refractivity contribution in [3.05, 3.63) is 137 Å². The summed E-state index contributed by atoms with van der Waals surface area (Å²) < 4.78 is 44.9. The minimum Gasteiger partial charge on any atom is -0.482 e. The van der Waals surface area contributed by atoms with E-state index in [2.05, 4.69) is 20.5 Å². The van der Waals surface area contributed by atoms with Crippen LogP contribution in [-0.4, -0.2) is 47.6 Å². The van der Waals surface area contributed by atoms with Crippen LogP contribution < -0.4 is 20.3 Å². The van der Waals surface area contributed by atoms with E-state index in [0.29, 0.717) is 39.6 Å². The van der Waals surface area contributed by atoms with Gasteiger partial charge in [-0.15, -0.1) is 11.8 Å². The number of benzene rings is 4. The molecule has 0 spiro atoms. The fourth-order valence-corrected chi connectivity index (χ4v) is 6.91. The molecular weight excluding hydrogens is 718 g/mol. The topological polar surface area (TPSA) is 121 Å². The van der Waals surface area contributed by atoms with Crippen LogP contribution in [0.4, 0.5) is 24.5 Å². The number of aliphatic carboxylic acids is 1. The van der Waals surface area contributed by atoms with Gasteiger partial charge in [-0.25, -0.2) is 4.79 Å². The average Bonchev–Trinajstić information content (AvgIpc) is 3.19. The molecule has 1 aliphatic heterocycles. The number of aromatic nitrogens is 1. The van der Waals surface area contributed by atoms with Gasteiger partial charge in [-0.2, -0.15) is 13.2 Å². The molecular formula is C41H37F3N4O5S. The SMILES string of the molecule is O=C(O)COc1cccc(SCc2cccc(C(=O)Nc3ccc(N4CCCCC4)cc3-c3cc(C(=O)NCc4cccc(C(F)(F)F)c4)ccn3)c2)c1. The van der Waals surface area contributed by atoms with Crippen molar-refractivity contribution in [3.8, 4) is 17.0 Å². The molecule has 13 heteroatoms. The number of carbonyl (C=O) groups is 3. The molecule has 1 aliphatic rings. The number of hydrogen-bond donors (Lipinski definition) is 3. The first-order valence-corrected chi connectivity index (χ1v) is 18.3. The van der Waals surface area contributed by atoms with E-state index in [4.69, 9.17) is 9.84 Å². The van der Waals surface area contributed by atoms with Gasteiger partial charge in [0.2, 0.25) is 0 Å². The van der Waals surface area contributed by atoms with Gasteiger partial charge in [-0.05, 0) is 103 Å². The molecule has 0 aliphatic carbocycles. The normalized spacial score (nSPS) is 12.9. The van der Waals surface area contributed by atoms with Crippen LogP contribution in [0.15, 0.2) is 114 Å². The van der Waals surface area contributed by atoms with E-state index < -0.39 is 30.2 Å². The van der Waals surface area contributed by atoms with Crippen molar-refractivity contribution in [2.24, 2.45) is 0 Å². The van der Waals surface area contributed by atoms with E-state index >= 15 is 0 Å². The molecule has 0 saturated carbocycles. The Bertz CT molecular complexity index is 2140. The van der Waals surface area contributed by atoms with E-state index in [0.717, 1.165) is 60.6 Å². The first-order chi connectivity index (χ1) is 26.0. The molecule has 5 aromatic rings. The Balaban J connectivity index is 1.20. The van der Waals surface area contributed by atoms with E-state index in [9.17, 15) is 27.6 Å². The summed E-state index contributed by atoms with van der Waals surface area (Å²) in [5, 5.41) is 14.6. The minimum atomic E-state index is -4.49. The second-order valence-corrected chi connectivity index (χ2v) is 13.7. The number of carboxylic acid groups (broad SMARTS) is 1. The lowest BCUT2D eigenvalue weighted by molar-refractivity contribution is -0.139. The molecule has 2 amide bonds. The van der Waals surface area contributed by atoms with E-state index in [1.54, 1.807) is 36.4 Å². The summed E-state index contributed by atoms with van der Waals surface area (Å²) in [6, 6.07) is 28.1. The third-order valence-electron chi connectivity index (χ3n) is 8.74. The maximum absolute atomic E-state index is 13.7. The summed E-state index contributed by atoms with van der Waals surface area (Å²) in [6.45, 7) is 1.25. The highest BCUT2D eigenvalue weighted by molar-refractivity contribution is 7.98. The molecule has 1 fully saturated rings. The summed E-state index contributed by atoms with van der Waals surface area (Å²) in [4.78, 5) is 45.5. The molecule has 9 nitrogen and oxygen atoms in total. The van der Waals surface area contributed by atoms with Crippen molar-refractivity contribution in [3.63, 3.8) is 0 Å². The number of nitrogens with zero attached hydrogens (tertiary/aromatic N) is 2. The van der Waals surface area contributed by atoms with Crippen molar-refractivity contribution in [1.29, 1.82) is 0 Å². The molecule has 0 atom stereocenters. The van der Waals surface area contributed by atoms with Gasteiger partial charge in [0.1, 0.15) is 5.75 Å². The number of thioether (sulfide) groups is 1. The number of pyridine rings is 1. The Morgan fingerprint density at radius 2 is 1.57 bits per heavy atom. The molecule has 4 aromatic carbocycles. The lowest BCUT2D eigenvalue weighted by atomic mass is 10.0. The predicted molar refractivity (Wildman–Crippen MR) is 202 cm³/mol. The smallest absolute Gasteiger partial charge is 0.416 e. The zero-order valence-electron chi connectivity index (χ0n) is 29.1. The molecule has 278 valence electrons. The second kappa shape index (κ2) is 17.3. The Morgan fingerprint density at radius 1 is 0.815 bits per heavy atom. The first kappa shape index (κ1) is 37.9. The lowest BCUT2D eigenvalue weighted by Crippen LogP contribution is -2.29. The van der Waals surface area contributed by atoms with Crippen molar-refractivity contribution in [2.45, 2.75) is 42.6 Å². The quantitative estimate of drug-likeness (QED) is 0.102. The van der Waals surface area contributed by atoms with Gasteiger partial charge in [0.05, 0.1) is 16.9 Å². The number of ether oxygens (including phenoxy) is 1. The number of nitrogens with one attached hydrogen (secondary N) is 2. The number of anilines is 2. The molecule has 54 heavy (non-hydrogen) atoms. The van der Waals surface area contributed by atoms with Gasteiger partial charge in [-0.1, -0.05) is 30.3 Å². The number of carboxylic acids is 1. The first-order valence-electron chi connectivity index (χ1n) is 17.3. The Kier molecular flexibility index (Phi) is 12.2. The van der Waals surface area contributed by atoms with Crippen LogP contribution in [0.3, 0.4) is 0 Å². The fourth-order valence-electron chi connectivity index (χ4n) is 6.03. The van der Waals surface area contributed by atoms with Gasteiger partial charge in [-0.3, -0.25) is 14.6 Å². The summed E-state index contributed by atoms with van der Waals surface area (Å²) in [5.74, 6) is -0.883. The number of hydrogen-bond acceptors (Lipinski definition) is 7. The van der Waals surface area contributed by atoms with Crippen LogP contribution in [0.2, 0.25) is 0 Å². The highest BCUT2D eigenvalue weighted by Gasteiger charge is 2.30. The number of piperidine rings is 1. The second-order valence-electron chi connectivity index (χ2n) is 12.7. The van der Waals surface area contributed by atoms with E-state index in [1.165, 1.54) is 36.2 Å². The highest BCUT2D eigenvalue weighted by Crippen LogP contribution is 2.34. The van der Waals surface area contributed by atoms with Crippen LogP contribution >= 0.6 is 11.8 Å². The van der Waals surface area contributed by atoms with Crippen molar-refractivity contribution >= 4 is 40.9 Å². The van der Waals surface area contributed by atoms with Crippen molar-refractivity contribution in [1.82, 2.24) is 10.3 Å². The van der Waals surface area contributed by atoms with Gasteiger partial charge in [0.25, 0.3) is 11.8 Å². The summed E-state index contributed by atoms with van der Waals surface area (Å²) >= 11 is 1.52. The van der Waals surface area contributed by atoms with Crippen molar-refractivity contribution in [2.75, 3.05) is 29.9 Å². The fraction of sp³-hybridized carbons (Fsp3) is 0.220. The van der Waals surface area contributed by atoms with Crippen LogP contribution in [0.1, 0.15) is 56.7 Å². The molecule has 0 bridgehead atoms. The Labute approximate surface area is 314 Å².